The molecular weight excluding hydrogens is 300 g/mol. The van der Waals surface area contributed by atoms with Gasteiger partial charge in [-0.1, -0.05) is 0 Å². The van der Waals surface area contributed by atoms with E-state index in [1.165, 1.54) is 4.31 Å². The minimum Gasteiger partial charge on any atom is -0.491 e. The van der Waals surface area contributed by atoms with Crippen molar-refractivity contribution in [2.75, 3.05) is 13.1 Å². The van der Waals surface area contributed by atoms with E-state index in [0.29, 0.717) is 25.3 Å². The zero-order chi connectivity index (χ0) is 14.0. The third-order valence-electron chi connectivity index (χ3n) is 3.02. The molecule has 2 rings (SSSR count). The van der Waals surface area contributed by atoms with Gasteiger partial charge >= 0.3 is 0 Å². The Balaban J connectivity index is 0.00000200. The largest absolute Gasteiger partial charge is 0.491 e. The highest BCUT2D eigenvalue weighted by molar-refractivity contribution is 7.89. The number of hydrogen-bond acceptors (Lipinski definition) is 4. The molecule has 1 aromatic carbocycles. The Hall–Kier alpha value is -0.820. The standard InChI is InChI=1S/C13H20N2O3S.ClH/c1-10(2)18-12-3-5-13(6-4-12)19(16,17)15-8-7-11(14)9-15;/h3-6,10-11H,7-9,14H2,1-2H3;1H/t11-;/m1./s1. The Morgan fingerprint density at radius 2 is 1.90 bits per heavy atom. The summed E-state index contributed by atoms with van der Waals surface area (Å²) < 4.78 is 31.6. The summed E-state index contributed by atoms with van der Waals surface area (Å²) in [5, 5.41) is 0. The molecule has 0 unspecified atom stereocenters. The number of rotatable bonds is 4. The molecule has 114 valence electrons. The average molecular weight is 321 g/mol. The Bertz CT molecular complexity index is 531. The minimum atomic E-state index is -3.42. The molecule has 1 saturated heterocycles. The van der Waals surface area contributed by atoms with Crippen molar-refractivity contribution in [2.24, 2.45) is 5.73 Å². The van der Waals surface area contributed by atoms with Crippen molar-refractivity contribution >= 4 is 22.4 Å². The molecule has 0 bridgehead atoms. The molecule has 0 amide bonds. The van der Waals surface area contributed by atoms with E-state index in [1.807, 2.05) is 13.8 Å². The summed E-state index contributed by atoms with van der Waals surface area (Å²) in [6.07, 6.45) is 0.785. The number of sulfonamides is 1. The summed E-state index contributed by atoms with van der Waals surface area (Å²) in [5.41, 5.74) is 5.75. The maximum absolute atomic E-state index is 12.3. The van der Waals surface area contributed by atoms with Crippen LogP contribution >= 0.6 is 12.4 Å². The van der Waals surface area contributed by atoms with Gasteiger partial charge in [-0.2, -0.15) is 4.31 Å². The van der Waals surface area contributed by atoms with Crippen LogP contribution in [-0.4, -0.2) is 38.0 Å². The number of ether oxygens (including phenoxy) is 1. The van der Waals surface area contributed by atoms with Crippen molar-refractivity contribution in [2.45, 2.75) is 37.3 Å². The molecule has 0 radical (unpaired) electrons. The SMILES string of the molecule is CC(C)Oc1ccc(S(=O)(=O)N2CC[C@@H](N)C2)cc1.Cl. The van der Waals surface area contributed by atoms with Gasteiger partial charge in [0.15, 0.2) is 0 Å². The first-order chi connectivity index (χ1) is 8.89. The maximum atomic E-state index is 12.3. The number of halogens is 1. The van der Waals surface area contributed by atoms with Crippen molar-refractivity contribution in [3.05, 3.63) is 24.3 Å². The van der Waals surface area contributed by atoms with Crippen LogP contribution in [0.5, 0.6) is 5.75 Å². The first-order valence-corrected chi connectivity index (χ1v) is 7.86. The molecule has 1 heterocycles. The van der Waals surface area contributed by atoms with E-state index in [9.17, 15) is 8.42 Å². The van der Waals surface area contributed by atoms with Gasteiger partial charge in [-0.3, -0.25) is 0 Å². The molecule has 0 aromatic heterocycles. The topological polar surface area (TPSA) is 72.6 Å². The highest BCUT2D eigenvalue weighted by atomic mass is 35.5. The quantitative estimate of drug-likeness (QED) is 0.915. The zero-order valence-corrected chi connectivity index (χ0v) is 13.3. The number of benzene rings is 1. The first kappa shape index (κ1) is 17.2. The van der Waals surface area contributed by atoms with Crippen LogP contribution in [0.3, 0.4) is 0 Å². The molecule has 20 heavy (non-hydrogen) atoms. The van der Waals surface area contributed by atoms with E-state index in [1.54, 1.807) is 24.3 Å². The number of nitrogens with zero attached hydrogens (tertiary/aromatic N) is 1. The Morgan fingerprint density at radius 1 is 1.30 bits per heavy atom. The van der Waals surface area contributed by atoms with Crippen molar-refractivity contribution in [1.82, 2.24) is 4.31 Å². The molecule has 0 saturated carbocycles. The molecule has 1 fully saturated rings. The van der Waals surface area contributed by atoms with Gasteiger partial charge in [-0.05, 0) is 44.5 Å². The van der Waals surface area contributed by atoms with Crippen LogP contribution < -0.4 is 10.5 Å². The van der Waals surface area contributed by atoms with Gasteiger partial charge in [-0.15, -0.1) is 12.4 Å². The first-order valence-electron chi connectivity index (χ1n) is 6.42. The summed E-state index contributed by atoms with van der Waals surface area (Å²) in [6, 6.07) is 6.47. The Labute approximate surface area is 126 Å². The lowest BCUT2D eigenvalue weighted by Gasteiger charge is -2.16. The molecule has 1 atom stereocenters. The predicted molar refractivity (Wildman–Crippen MR) is 80.8 cm³/mol. The van der Waals surface area contributed by atoms with Gasteiger partial charge in [0.05, 0.1) is 11.0 Å². The van der Waals surface area contributed by atoms with Gasteiger partial charge < -0.3 is 10.5 Å². The lowest BCUT2D eigenvalue weighted by molar-refractivity contribution is 0.242. The summed E-state index contributed by atoms with van der Waals surface area (Å²) in [6.45, 7) is 4.74. The molecule has 7 heteroatoms. The third-order valence-corrected chi connectivity index (χ3v) is 4.90. The average Bonchev–Trinajstić information content (AvgIpc) is 2.76. The molecule has 0 spiro atoms. The highest BCUT2D eigenvalue weighted by Gasteiger charge is 2.30. The van der Waals surface area contributed by atoms with Gasteiger partial charge in [0.25, 0.3) is 0 Å². The zero-order valence-electron chi connectivity index (χ0n) is 11.7. The van der Waals surface area contributed by atoms with E-state index in [4.69, 9.17) is 10.5 Å². The third kappa shape index (κ3) is 3.85. The molecule has 1 aliphatic rings. The maximum Gasteiger partial charge on any atom is 0.243 e. The highest BCUT2D eigenvalue weighted by Crippen LogP contribution is 2.23. The lowest BCUT2D eigenvalue weighted by atomic mass is 10.3. The van der Waals surface area contributed by atoms with Gasteiger partial charge in [0.2, 0.25) is 10.0 Å². The van der Waals surface area contributed by atoms with Crippen LogP contribution in [0, 0.1) is 0 Å². The normalized spacial score (nSPS) is 19.9. The monoisotopic (exact) mass is 320 g/mol. The summed E-state index contributed by atoms with van der Waals surface area (Å²) in [4.78, 5) is 0.290. The van der Waals surface area contributed by atoms with E-state index in [2.05, 4.69) is 0 Å². The van der Waals surface area contributed by atoms with Gasteiger partial charge in [0.1, 0.15) is 5.75 Å². The fraction of sp³-hybridized carbons (Fsp3) is 0.538. The summed E-state index contributed by atoms with van der Waals surface area (Å²) >= 11 is 0. The predicted octanol–water partition coefficient (Wildman–Crippen LogP) is 1.62. The van der Waals surface area contributed by atoms with Gasteiger partial charge in [-0.25, -0.2) is 8.42 Å². The van der Waals surface area contributed by atoms with Crippen LogP contribution in [0.15, 0.2) is 29.2 Å². The summed E-state index contributed by atoms with van der Waals surface area (Å²) in [5.74, 6) is 0.673. The molecule has 1 aliphatic heterocycles. The van der Waals surface area contributed by atoms with E-state index in [0.717, 1.165) is 0 Å². The number of nitrogens with two attached hydrogens (primary N) is 1. The number of hydrogen-bond donors (Lipinski definition) is 1. The van der Waals surface area contributed by atoms with Crippen LogP contribution in [-0.2, 0) is 10.0 Å². The van der Waals surface area contributed by atoms with Crippen LogP contribution in [0.4, 0.5) is 0 Å². The van der Waals surface area contributed by atoms with E-state index < -0.39 is 10.0 Å². The van der Waals surface area contributed by atoms with Gasteiger partial charge in [0, 0.05) is 19.1 Å². The van der Waals surface area contributed by atoms with Crippen molar-refractivity contribution < 1.29 is 13.2 Å². The molecule has 1 aromatic rings. The minimum absolute atomic E-state index is 0. The smallest absolute Gasteiger partial charge is 0.243 e. The van der Waals surface area contributed by atoms with Crippen LogP contribution in [0.2, 0.25) is 0 Å². The van der Waals surface area contributed by atoms with Crippen molar-refractivity contribution in [3.8, 4) is 5.75 Å². The van der Waals surface area contributed by atoms with Crippen LogP contribution in [0.1, 0.15) is 20.3 Å². The second kappa shape index (κ2) is 6.76. The van der Waals surface area contributed by atoms with Crippen LogP contribution in [0.25, 0.3) is 0 Å². The second-order valence-electron chi connectivity index (χ2n) is 5.05. The molecule has 2 N–H and O–H groups in total. The molecule has 5 nitrogen and oxygen atoms in total. The van der Waals surface area contributed by atoms with E-state index >= 15 is 0 Å². The Kier molecular flexibility index (Phi) is 5.82. The van der Waals surface area contributed by atoms with Crippen molar-refractivity contribution in [3.63, 3.8) is 0 Å². The second-order valence-corrected chi connectivity index (χ2v) is 6.99. The van der Waals surface area contributed by atoms with E-state index in [-0.39, 0.29) is 29.4 Å². The fourth-order valence-corrected chi connectivity index (χ4v) is 3.60. The Morgan fingerprint density at radius 3 is 2.35 bits per heavy atom. The molecule has 0 aliphatic carbocycles. The van der Waals surface area contributed by atoms with Crippen molar-refractivity contribution in [1.29, 1.82) is 0 Å². The lowest BCUT2D eigenvalue weighted by Crippen LogP contribution is -2.31. The fourth-order valence-electron chi connectivity index (χ4n) is 2.08. The summed E-state index contributed by atoms with van der Waals surface area (Å²) in [7, 11) is -3.42. The molecular formula is C13H21ClN2O3S.